The number of hydrogen-bond donors (Lipinski definition) is 0. The Kier molecular flexibility index (Phi) is 3.46. The first-order chi connectivity index (χ1) is 8.08. The SMILES string of the molecule is CC(=O)c1cc(F)ccc1N(C)CC1CCC1. The summed E-state index contributed by atoms with van der Waals surface area (Å²) in [6, 6.07) is 4.44. The summed E-state index contributed by atoms with van der Waals surface area (Å²) in [6.07, 6.45) is 3.84. The lowest BCUT2D eigenvalue weighted by molar-refractivity contribution is 0.101. The van der Waals surface area contributed by atoms with Crippen LogP contribution in [0, 0.1) is 11.7 Å². The highest BCUT2D eigenvalue weighted by Crippen LogP contribution is 2.29. The molecule has 0 aliphatic heterocycles. The number of hydrogen-bond acceptors (Lipinski definition) is 2. The van der Waals surface area contributed by atoms with Crippen LogP contribution in [0.25, 0.3) is 0 Å². The maximum atomic E-state index is 13.1. The first kappa shape index (κ1) is 12.1. The molecule has 1 aromatic carbocycles. The fourth-order valence-electron chi connectivity index (χ4n) is 2.28. The number of rotatable bonds is 4. The molecule has 1 saturated carbocycles. The van der Waals surface area contributed by atoms with Gasteiger partial charge in [-0.25, -0.2) is 4.39 Å². The Morgan fingerprint density at radius 3 is 2.71 bits per heavy atom. The van der Waals surface area contributed by atoms with Gasteiger partial charge in [0.05, 0.1) is 0 Å². The third-order valence-electron chi connectivity index (χ3n) is 3.51. The van der Waals surface area contributed by atoms with Crippen LogP contribution in [0.4, 0.5) is 10.1 Å². The van der Waals surface area contributed by atoms with Crippen molar-refractivity contribution in [3.63, 3.8) is 0 Å². The lowest BCUT2D eigenvalue weighted by atomic mass is 9.85. The topological polar surface area (TPSA) is 20.3 Å². The van der Waals surface area contributed by atoms with Crippen molar-refractivity contribution < 1.29 is 9.18 Å². The van der Waals surface area contributed by atoms with Crippen LogP contribution in [0.5, 0.6) is 0 Å². The predicted octanol–water partition coefficient (Wildman–Crippen LogP) is 3.26. The molecule has 2 nitrogen and oxygen atoms in total. The molecule has 3 heteroatoms. The molecule has 0 unspecified atom stereocenters. The Balaban J connectivity index is 2.20. The number of halogens is 1. The van der Waals surface area contributed by atoms with Crippen LogP contribution >= 0.6 is 0 Å². The van der Waals surface area contributed by atoms with Crippen LogP contribution in [0.2, 0.25) is 0 Å². The molecule has 0 bridgehead atoms. The molecule has 1 aliphatic rings. The normalized spacial score (nSPS) is 15.5. The Labute approximate surface area is 101 Å². The molecule has 0 N–H and O–H groups in total. The molecule has 2 rings (SSSR count). The highest BCUT2D eigenvalue weighted by atomic mass is 19.1. The summed E-state index contributed by atoms with van der Waals surface area (Å²) in [5, 5.41) is 0. The first-order valence-electron chi connectivity index (χ1n) is 6.09. The van der Waals surface area contributed by atoms with Gasteiger partial charge in [0.15, 0.2) is 5.78 Å². The van der Waals surface area contributed by atoms with E-state index in [1.807, 2.05) is 7.05 Å². The van der Waals surface area contributed by atoms with E-state index >= 15 is 0 Å². The van der Waals surface area contributed by atoms with Gasteiger partial charge >= 0.3 is 0 Å². The predicted molar refractivity (Wildman–Crippen MR) is 67.0 cm³/mol. The number of nitrogens with zero attached hydrogens (tertiary/aromatic N) is 1. The Morgan fingerprint density at radius 1 is 1.47 bits per heavy atom. The molecule has 1 fully saturated rings. The minimum atomic E-state index is -0.351. The van der Waals surface area contributed by atoms with Crippen molar-refractivity contribution in [3.8, 4) is 0 Å². The molecule has 0 heterocycles. The molecule has 0 amide bonds. The van der Waals surface area contributed by atoms with E-state index in [-0.39, 0.29) is 11.6 Å². The average molecular weight is 235 g/mol. The van der Waals surface area contributed by atoms with Crippen LogP contribution in [-0.4, -0.2) is 19.4 Å². The van der Waals surface area contributed by atoms with Crippen molar-refractivity contribution in [1.29, 1.82) is 0 Å². The minimum Gasteiger partial charge on any atom is -0.374 e. The number of benzene rings is 1. The van der Waals surface area contributed by atoms with Crippen molar-refractivity contribution >= 4 is 11.5 Å². The van der Waals surface area contributed by atoms with E-state index in [0.29, 0.717) is 5.56 Å². The van der Waals surface area contributed by atoms with Crippen molar-refractivity contribution in [2.24, 2.45) is 5.92 Å². The van der Waals surface area contributed by atoms with E-state index in [1.165, 1.54) is 38.3 Å². The standard InChI is InChI=1S/C14H18FNO/c1-10(17)13-8-12(15)6-7-14(13)16(2)9-11-4-3-5-11/h6-8,11H,3-5,9H2,1-2H3. The molecule has 17 heavy (non-hydrogen) atoms. The van der Waals surface area contributed by atoms with Crippen molar-refractivity contribution in [2.75, 3.05) is 18.5 Å². The fraction of sp³-hybridized carbons (Fsp3) is 0.500. The number of Topliss-reactive ketones (excluding diaryl/α,β-unsaturated/α-hetero) is 1. The number of carbonyl (C=O) groups excluding carboxylic acids is 1. The van der Waals surface area contributed by atoms with Gasteiger partial charge in [0.25, 0.3) is 0 Å². The molecule has 0 atom stereocenters. The van der Waals surface area contributed by atoms with E-state index in [4.69, 9.17) is 0 Å². The summed E-state index contributed by atoms with van der Waals surface area (Å²) >= 11 is 0. The number of ketones is 1. The molecule has 0 aromatic heterocycles. The lowest BCUT2D eigenvalue weighted by Gasteiger charge is -2.32. The summed E-state index contributed by atoms with van der Waals surface area (Å²) in [6.45, 7) is 2.43. The van der Waals surface area contributed by atoms with Crippen molar-refractivity contribution in [1.82, 2.24) is 0 Å². The van der Waals surface area contributed by atoms with Gasteiger partial charge in [0.1, 0.15) is 5.82 Å². The quantitative estimate of drug-likeness (QED) is 0.746. The van der Waals surface area contributed by atoms with Crippen molar-refractivity contribution in [3.05, 3.63) is 29.6 Å². The number of carbonyl (C=O) groups is 1. The van der Waals surface area contributed by atoms with E-state index < -0.39 is 0 Å². The van der Waals surface area contributed by atoms with Gasteiger partial charge in [-0.05, 0) is 43.9 Å². The second kappa shape index (κ2) is 4.86. The monoisotopic (exact) mass is 235 g/mol. The Bertz CT molecular complexity index is 426. The van der Waals surface area contributed by atoms with Crippen LogP contribution in [0.15, 0.2) is 18.2 Å². The second-order valence-corrected chi connectivity index (χ2v) is 4.90. The van der Waals surface area contributed by atoms with Crippen molar-refractivity contribution in [2.45, 2.75) is 26.2 Å². The second-order valence-electron chi connectivity index (χ2n) is 4.90. The average Bonchev–Trinajstić information content (AvgIpc) is 2.23. The summed E-state index contributed by atoms with van der Waals surface area (Å²) < 4.78 is 13.1. The zero-order valence-corrected chi connectivity index (χ0v) is 10.4. The molecular weight excluding hydrogens is 217 g/mol. The third-order valence-corrected chi connectivity index (χ3v) is 3.51. The molecule has 0 spiro atoms. The van der Waals surface area contributed by atoms with Gasteiger partial charge in [0.2, 0.25) is 0 Å². The summed E-state index contributed by atoms with van der Waals surface area (Å²) in [7, 11) is 1.97. The largest absolute Gasteiger partial charge is 0.374 e. The maximum absolute atomic E-state index is 13.1. The van der Waals surface area contributed by atoms with E-state index in [2.05, 4.69) is 4.90 Å². The zero-order valence-electron chi connectivity index (χ0n) is 10.4. The molecule has 92 valence electrons. The summed E-state index contributed by atoms with van der Waals surface area (Å²) in [4.78, 5) is 13.6. The number of anilines is 1. The van der Waals surface area contributed by atoms with E-state index in [9.17, 15) is 9.18 Å². The lowest BCUT2D eigenvalue weighted by Crippen LogP contribution is -2.30. The van der Waals surface area contributed by atoms with Gasteiger partial charge in [-0.2, -0.15) is 0 Å². The van der Waals surface area contributed by atoms with E-state index in [0.717, 1.165) is 18.2 Å². The van der Waals surface area contributed by atoms with Crippen LogP contribution in [-0.2, 0) is 0 Å². The zero-order chi connectivity index (χ0) is 12.4. The smallest absolute Gasteiger partial charge is 0.161 e. The molecule has 0 saturated heterocycles. The Morgan fingerprint density at radius 2 is 2.18 bits per heavy atom. The molecule has 1 aliphatic carbocycles. The van der Waals surface area contributed by atoms with Gasteiger partial charge < -0.3 is 4.90 Å². The summed E-state index contributed by atoms with van der Waals surface area (Å²) in [5.41, 5.74) is 1.32. The summed E-state index contributed by atoms with van der Waals surface area (Å²) in [5.74, 6) is 0.292. The maximum Gasteiger partial charge on any atom is 0.161 e. The van der Waals surface area contributed by atoms with Gasteiger partial charge in [-0.3, -0.25) is 4.79 Å². The fourth-order valence-corrected chi connectivity index (χ4v) is 2.28. The Hall–Kier alpha value is -1.38. The van der Waals surface area contributed by atoms with Crippen LogP contribution in [0.3, 0.4) is 0 Å². The van der Waals surface area contributed by atoms with Gasteiger partial charge in [-0.1, -0.05) is 6.42 Å². The first-order valence-corrected chi connectivity index (χ1v) is 6.09. The highest BCUT2D eigenvalue weighted by molar-refractivity contribution is 5.99. The molecule has 0 radical (unpaired) electrons. The van der Waals surface area contributed by atoms with Crippen LogP contribution < -0.4 is 4.90 Å². The third kappa shape index (κ3) is 2.65. The van der Waals surface area contributed by atoms with Crippen LogP contribution in [0.1, 0.15) is 36.5 Å². The van der Waals surface area contributed by atoms with Gasteiger partial charge in [-0.15, -0.1) is 0 Å². The molecular formula is C14H18FNO. The van der Waals surface area contributed by atoms with Gasteiger partial charge in [0, 0.05) is 24.8 Å². The van der Waals surface area contributed by atoms with E-state index in [1.54, 1.807) is 6.07 Å². The highest BCUT2D eigenvalue weighted by Gasteiger charge is 2.21. The minimum absolute atomic E-state index is 0.0834. The molecule has 1 aromatic rings.